The lowest BCUT2D eigenvalue weighted by Crippen LogP contribution is -2.23. The van der Waals surface area contributed by atoms with Crippen LogP contribution in [0.2, 0.25) is 0 Å². The van der Waals surface area contributed by atoms with Crippen molar-refractivity contribution >= 4 is 16.7 Å². The van der Waals surface area contributed by atoms with Gasteiger partial charge in [0.25, 0.3) is 6.43 Å². The van der Waals surface area contributed by atoms with Crippen molar-refractivity contribution in [3.05, 3.63) is 47.5 Å². The van der Waals surface area contributed by atoms with Gasteiger partial charge in [-0.15, -0.1) is 0 Å². The van der Waals surface area contributed by atoms with Crippen LogP contribution in [0.25, 0.3) is 10.8 Å². The second-order valence-electron chi connectivity index (χ2n) is 7.18. The van der Waals surface area contributed by atoms with Crippen LogP contribution < -0.4 is 0 Å². The quantitative estimate of drug-likeness (QED) is 0.582. The summed E-state index contributed by atoms with van der Waals surface area (Å²) in [4.78, 5) is 12.1. The van der Waals surface area contributed by atoms with Crippen molar-refractivity contribution in [2.75, 3.05) is 6.61 Å². The zero-order valence-corrected chi connectivity index (χ0v) is 15.3. The number of rotatable bonds is 7. The van der Waals surface area contributed by atoms with Crippen LogP contribution >= 0.6 is 0 Å². The highest BCUT2D eigenvalue weighted by Gasteiger charge is 2.31. The smallest absolute Gasteiger partial charge is 0.319 e. The molecule has 1 unspecified atom stereocenters. The summed E-state index contributed by atoms with van der Waals surface area (Å²) in [6, 6.07) is 11.0. The van der Waals surface area contributed by atoms with Crippen molar-refractivity contribution < 1.29 is 18.3 Å². The van der Waals surface area contributed by atoms with Crippen LogP contribution in [0.15, 0.2) is 36.4 Å². The van der Waals surface area contributed by atoms with E-state index in [1.54, 1.807) is 18.2 Å². The molecule has 0 amide bonds. The molecule has 25 heavy (non-hydrogen) atoms. The van der Waals surface area contributed by atoms with E-state index in [0.29, 0.717) is 23.8 Å². The zero-order valence-electron chi connectivity index (χ0n) is 15.3. The van der Waals surface area contributed by atoms with Gasteiger partial charge in [-0.05, 0) is 40.2 Å². The summed E-state index contributed by atoms with van der Waals surface area (Å²) in [5, 5.41) is 1.83. The molecule has 0 heterocycles. The Kier molecular flexibility index (Phi) is 6.51. The molecule has 136 valence electrons. The Morgan fingerprint density at radius 3 is 2.04 bits per heavy atom. The molecule has 0 saturated carbocycles. The van der Waals surface area contributed by atoms with E-state index in [2.05, 4.69) is 19.9 Å². The van der Waals surface area contributed by atoms with Gasteiger partial charge in [0.2, 0.25) is 0 Å². The molecule has 2 aromatic carbocycles. The van der Waals surface area contributed by atoms with Crippen molar-refractivity contribution in [3.8, 4) is 0 Å². The molecule has 0 aliphatic rings. The highest BCUT2D eigenvalue weighted by Crippen LogP contribution is 2.29. The van der Waals surface area contributed by atoms with E-state index in [0.717, 1.165) is 10.8 Å². The molecule has 0 aliphatic carbocycles. The SMILES string of the molecule is CC(C)CCOC(=O)C(c1ccc2cc(C(C)C)ccc2c1)C(F)F. The van der Waals surface area contributed by atoms with Crippen LogP contribution in [0.5, 0.6) is 0 Å². The normalized spacial score (nSPS) is 13.0. The first-order valence-corrected chi connectivity index (χ1v) is 8.78. The molecule has 0 saturated heterocycles. The number of hydrogen-bond acceptors (Lipinski definition) is 2. The fraction of sp³-hybridized carbons (Fsp3) is 0.476. The van der Waals surface area contributed by atoms with Gasteiger partial charge in [0.05, 0.1) is 6.61 Å². The van der Waals surface area contributed by atoms with Crippen LogP contribution in [0, 0.1) is 5.92 Å². The van der Waals surface area contributed by atoms with Crippen molar-refractivity contribution in [2.45, 2.75) is 52.4 Å². The summed E-state index contributed by atoms with van der Waals surface area (Å²) in [7, 11) is 0. The Bertz CT molecular complexity index is 723. The van der Waals surface area contributed by atoms with Gasteiger partial charge in [-0.25, -0.2) is 8.78 Å². The van der Waals surface area contributed by atoms with Gasteiger partial charge < -0.3 is 4.74 Å². The van der Waals surface area contributed by atoms with Gasteiger partial charge in [0, 0.05) is 0 Å². The summed E-state index contributed by atoms with van der Waals surface area (Å²) in [6.45, 7) is 8.37. The third-order valence-electron chi connectivity index (χ3n) is 4.36. The molecule has 0 radical (unpaired) electrons. The number of ether oxygens (including phenoxy) is 1. The summed E-state index contributed by atoms with van der Waals surface area (Å²) in [5.74, 6) is -1.64. The van der Waals surface area contributed by atoms with Crippen LogP contribution in [0.3, 0.4) is 0 Å². The minimum atomic E-state index is -2.79. The lowest BCUT2D eigenvalue weighted by atomic mass is 9.94. The van der Waals surface area contributed by atoms with E-state index in [9.17, 15) is 13.6 Å². The third kappa shape index (κ3) is 5.00. The largest absolute Gasteiger partial charge is 0.465 e. The lowest BCUT2D eigenvalue weighted by molar-refractivity contribution is -0.149. The van der Waals surface area contributed by atoms with E-state index in [4.69, 9.17) is 4.74 Å². The van der Waals surface area contributed by atoms with E-state index in [-0.39, 0.29) is 6.61 Å². The maximum atomic E-state index is 13.5. The molecule has 4 heteroatoms. The number of carbonyl (C=O) groups excluding carboxylic acids is 1. The van der Waals surface area contributed by atoms with Crippen LogP contribution in [-0.4, -0.2) is 19.0 Å². The second kappa shape index (κ2) is 8.41. The maximum Gasteiger partial charge on any atom is 0.319 e. The summed E-state index contributed by atoms with van der Waals surface area (Å²) >= 11 is 0. The Hall–Kier alpha value is -1.97. The molecule has 0 aromatic heterocycles. The van der Waals surface area contributed by atoms with Crippen molar-refractivity contribution in [3.63, 3.8) is 0 Å². The predicted octanol–water partition coefficient (Wildman–Crippen LogP) is 5.90. The summed E-state index contributed by atoms with van der Waals surface area (Å²) in [6.07, 6.45) is -2.13. The Morgan fingerprint density at radius 2 is 1.52 bits per heavy atom. The Morgan fingerprint density at radius 1 is 0.960 bits per heavy atom. The molecule has 2 aromatic rings. The first kappa shape index (κ1) is 19.4. The topological polar surface area (TPSA) is 26.3 Å². The Labute approximate surface area is 148 Å². The Balaban J connectivity index is 2.25. The van der Waals surface area contributed by atoms with Gasteiger partial charge in [0.1, 0.15) is 5.92 Å². The fourth-order valence-corrected chi connectivity index (χ4v) is 2.70. The van der Waals surface area contributed by atoms with Gasteiger partial charge in [-0.3, -0.25) is 4.79 Å². The van der Waals surface area contributed by atoms with Gasteiger partial charge in [-0.2, -0.15) is 0 Å². The molecular weight excluding hydrogens is 322 g/mol. The molecule has 0 N–H and O–H groups in total. The molecule has 1 atom stereocenters. The van der Waals surface area contributed by atoms with E-state index < -0.39 is 18.3 Å². The molecule has 0 spiro atoms. The summed E-state index contributed by atoms with van der Waals surface area (Å²) in [5.41, 5.74) is 1.49. The van der Waals surface area contributed by atoms with E-state index in [1.807, 2.05) is 26.0 Å². The maximum absolute atomic E-state index is 13.5. The average Bonchev–Trinajstić information content (AvgIpc) is 2.53. The molecule has 2 nitrogen and oxygen atoms in total. The number of esters is 1. The second-order valence-corrected chi connectivity index (χ2v) is 7.18. The first-order valence-electron chi connectivity index (χ1n) is 8.78. The molecule has 2 rings (SSSR count). The van der Waals surface area contributed by atoms with Crippen LogP contribution in [0.4, 0.5) is 8.78 Å². The van der Waals surface area contributed by atoms with Crippen LogP contribution in [0.1, 0.15) is 57.1 Å². The van der Waals surface area contributed by atoms with Crippen molar-refractivity contribution in [1.82, 2.24) is 0 Å². The standard InChI is InChI=1S/C21H26F2O2/c1-13(2)9-10-25-21(24)19(20(22)23)18-8-7-16-11-15(14(3)4)5-6-17(16)12-18/h5-8,11-14,19-20H,9-10H2,1-4H3. The number of carbonyl (C=O) groups is 1. The molecular formula is C21H26F2O2. The minimum Gasteiger partial charge on any atom is -0.465 e. The highest BCUT2D eigenvalue weighted by molar-refractivity contribution is 5.86. The number of halogens is 2. The third-order valence-corrected chi connectivity index (χ3v) is 4.36. The number of hydrogen-bond donors (Lipinski definition) is 0. The van der Waals surface area contributed by atoms with Gasteiger partial charge in [-0.1, -0.05) is 64.1 Å². The molecule has 0 fully saturated rings. The summed E-state index contributed by atoms with van der Waals surface area (Å²) < 4.78 is 32.1. The number of alkyl halides is 2. The molecule has 0 aliphatic heterocycles. The predicted molar refractivity (Wildman–Crippen MR) is 97.2 cm³/mol. The highest BCUT2D eigenvalue weighted by atomic mass is 19.3. The monoisotopic (exact) mass is 348 g/mol. The zero-order chi connectivity index (χ0) is 18.6. The number of benzene rings is 2. The first-order chi connectivity index (χ1) is 11.8. The van der Waals surface area contributed by atoms with Crippen LogP contribution in [-0.2, 0) is 9.53 Å². The molecule has 0 bridgehead atoms. The van der Waals surface area contributed by atoms with Crippen molar-refractivity contribution in [2.24, 2.45) is 5.92 Å². The van der Waals surface area contributed by atoms with E-state index in [1.165, 1.54) is 5.56 Å². The minimum absolute atomic E-state index is 0.172. The number of fused-ring (bicyclic) bond motifs is 1. The average molecular weight is 348 g/mol. The van der Waals surface area contributed by atoms with E-state index >= 15 is 0 Å². The lowest BCUT2D eigenvalue weighted by Gasteiger charge is -2.17. The van der Waals surface area contributed by atoms with Gasteiger partial charge >= 0.3 is 5.97 Å². The van der Waals surface area contributed by atoms with Gasteiger partial charge in [0.15, 0.2) is 0 Å². The fourth-order valence-electron chi connectivity index (χ4n) is 2.70. The van der Waals surface area contributed by atoms with Crippen molar-refractivity contribution in [1.29, 1.82) is 0 Å².